The highest BCUT2D eigenvalue weighted by atomic mass is 16.3. The number of phenols is 2. The van der Waals surface area contributed by atoms with Gasteiger partial charge in [-0.25, -0.2) is 0 Å². The fourth-order valence-corrected chi connectivity index (χ4v) is 2.15. The number of aromatic hydroxyl groups is 2. The monoisotopic (exact) mass is 246 g/mol. The number of carbonyl (C=O) groups excluding carboxylic acids is 2. The first kappa shape index (κ1) is 12.4. The van der Waals surface area contributed by atoms with Gasteiger partial charge in [0.2, 0.25) is 0 Å². The maximum Gasteiger partial charge on any atom is 0.193 e. The van der Waals surface area contributed by atoms with Crippen molar-refractivity contribution < 1.29 is 19.8 Å². The van der Waals surface area contributed by atoms with Crippen molar-refractivity contribution in [2.75, 3.05) is 0 Å². The van der Waals surface area contributed by atoms with Crippen LogP contribution in [0, 0.1) is 13.8 Å². The summed E-state index contributed by atoms with van der Waals surface area (Å²) in [4.78, 5) is 24.1. The van der Waals surface area contributed by atoms with Gasteiger partial charge in [-0.2, -0.15) is 0 Å². The van der Waals surface area contributed by atoms with E-state index in [9.17, 15) is 19.8 Å². The summed E-state index contributed by atoms with van der Waals surface area (Å²) >= 11 is 0. The number of hydrogen-bond donors (Lipinski definition) is 2. The van der Waals surface area contributed by atoms with Crippen LogP contribution in [0.3, 0.4) is 0 Å². The topological polar surface area (TPSA) is 74.6 Å². The van der Waals surface area contributed by atoms with Gasteiger partial charge < -0.3 is 10.2 Å². The maximum atomic E-state index is 12.1. The standard InChI is InChI=1S/C14H14O4/c1-4-8-5-9(15)10-11(14(8)18)13(17)7(3)6(2)12(10)16/h5,16-17H,4H2,1-3H3. The molecule has 1 aromatic rings. The third kappa shape index (κ3) is 1.45. The fourth-order valence-electron chi connectivity index (χ4n) is 2.15. The van der Waals surface area contributed by atoms with Crippen LogP contribution in [0.15, 0.2) is 11.6 Å². The van der Waals surface area contributed by atoms with Crippen LogP contribution in [0.25, 0.3) is 0 Å². The van der Waals surface area contributed by atoms with Gasteiger partial charge in [0.25, 0.3) is 0 Å². The Balaban J connectivity index is 2.86. The molecule has 94 valence electrons. The lowest BCUT2D eigenvalue weighted by molar-refractivity contribution is 0.0977. The van der Waals surface area contributed by atoms with E-state index >= 15 is 0 Å². The van der Waals surface area contributed by atoms with Gasteiger partial charge in [-0.15, -0.1) is 0 Å². The van der Waals surface area contributed by atoms with E-state index in [0.29, 0.717) is 23.1 Å². The van der Waals surface area contributed by atoms with Gasteiger partial charge in [-0.05, 0) is 37.5 Å². The molecule has 0 radical (unpaired) electrons. The lowest BCUT2D eigenvalue weighted by Crippen LogP contribution is -2.18. The summed E-state index contributed by atoms with van der Waals surface area (Å²) in [5.41, 5.74) is 1.04. The first-order valence-electron chi connectivity index (χ1n) is 5.74. The van der Waals surface area contributed by atoms with Crippen molar-refractivity contribution in [3.05, 3.63) is 33.9 Å². The van der Waals surface area contributed by atoms with Gasteiger partial charge in [0.1, 0.15) is 11.5 Å². The minimum Gasteiger partial charge on any atom is -0.507 e. The molecule has 0 spiro atoms. The Hall–Kier alpha value is -2.10. The molecule has 1 aromatic carbocycles. The molecule has 0 saturated carbocycles. The Morgan fingerprint density at radius 3 is 2.00 bits per heavy atom. The highest BCUT2D eigenvalue weighted by Gasteiger charge is 2.32. The molecule has 2 N–H and O–H groups in total. The molecule has 4 heteroatoms. The molecular weight excluding hydrogens is 232 g/mol. The van der Waals surface area contributed by atoms with E-state index in [1.807, 2.05) is 0 Å². The molecule has 0 heterocycles. The molecule has 1 aliphatic rings. The molecule has 0 saturated heterocycles. The summed E-state index contributed by atoms with van der Waals surface area (Å²) < 4.78 is 0. The summed E-state index contributed by atoms with van der Waals surface area (Å²) in [5.74, 6) is -1.25. The number of fused-ring (bicyclic) bond motifs is 1. The van der Waals surface area contributed by atoms with Crippen LogP contribution in [0.5, 0.6) is 11.5 Å². The minimum atomic E-state index is -0.433. The van der Waals surface area contributed by atoms with Crippen molar-refractivity contribution in [3.63, 3.8) is 0 Å². The van der Waals surface area contributed by atoms with Crippen molar-refractivity contribution in [1.29, 1.82) is 0 Å². The number of ketones is 2. The van der Waals surface area contributed by atoms with Gasteiger partial charge in [0.15, 0.2) is 11.6 Å². The second kappa shape index (κ2) is 3.98. The first-order valence-corrected chi connectivity index (χ1v) is 5.74. The van der Waals surface area contributed by atoms with Gasteiger partial charge in [-0.3, -0.25) is 9.59 Å². The van der Waals surface area contributed by atoms with Crippen LogP contribution in [-0.2, 0) is 0 Å². The van der Waals surface area contributed by atoms with E-state index in [1.165, 1.54) is 6.08 Å². The normalized spacial score (nSPS) is 14.5. The Kier molecular flexibility index (Phi) is 2.73. The zero-order valence-electron chi connectivity index (χ0n) is 10.5. The largest absolute Gasteiger partial charge is 0.507 e. The third-order valence-corrected chi connectivity index (χ3v) is 3.45. The highest BCUT2D eigenvalue weighted by Crippen LogP contribution is 2.40. The SMILES string of the molecule is CCC1=CC(=O)c2c(O)c(C)c(C)c(O)c2C1=O. The van der Waals surface area contributed by atoms with E-state index in [0.717, 1.165) is 0 Å². The van der Waals surface area contributed by atoms with Crippen molar-refractivity contribution >= 4 is 11.6 Å². The van der Waals surface area contributed by atoms with Crippen molar-refractivity contribution in [3.8, 4) is 11.5 Å². The summed E-state index contributed by atoms with van der Waals surface area (Å²) in [5, 5.41) is 20.0. The molecule has 0 aromatic heterocycles. The molecule has 4 nitrogen and oxygen atoms in total. The predicted octanol–water partition coefficient (Wildman–Crippen LogP) is 2.43. The zero-order valence-corrected chi connectivity index (χ0v) is 10.5. The Morgan fingerprint density at radius 2 is 1.50 bits per heavy atom. The Bertz CT molecular complexity index is 609. The van der Waals surface area contributed by atoms with Crippen LogP contribution >= 0.6 is 0 Å². The molecule has 0 amide bonds. The number of allylic oxidation sites excluding steroid dienone is 2. The summed E-state index contributed by atoms with van der Waals surface area (Å²) in [6, 6.07) is 0. The van der Waals surface area contributed by atoms with Gasteiger partial charge in [0, 0.05) is 5.57 Å². The van der Waals surface area contributed by atoms with Gasteiger partial charge >= 0.3 is 0 Å². The molecule has 0 fully saturated rings. The van der Waals surface area contributed by atoms with Crippen LogP contribution in [0.2, 0.25) is 0 Å². The number of phenolic OH excluding ortho intramolecular Hbond substituents is 2. The zero-order chi connectivity index (χ0) is 13.6. The fraction of sp³-hybridized carbons (Fsp3) is 0.286. The average Bonchev–Trinajstić information content (AvgIpc) is 2.35. The van der Waals surface area contributed by atoms with Crippen LogP contribution in [0.1, 0.15) is 45.2 Å². The number of carbonyl (C=O) groups is 2. The number of Topliss-reactive ketones (excluding diaryl/α,β-unsaturated/α-hetero) is 1. The molecule has 0 unspecified atom stereocenters. The van der Waals surface area contributed by atoms with Crippen molar-refractivity contribution in [1.82, 2.24) is 0 Å². The molecular formula is C14H14O4. The molecule has 0 atom stereocenters. The predicted molar refractivity (Wildman–Crippen MR) is 66.3 cm³/mol. The van der Waals surface area contributed by atoms with E-state index in [4.69, 9.17) is 0 Å². The summed E-state index contributed by atoms with van der Waals surface area (Å²) in [7, 11) is 0. The number of hydrogen-bond acceptors (Lipinski definition) is 4. The van der Waals surface area contributed by atoms with Gasteiger partial charge in [0.05, 0.1) is 11.1 Å². The molecule has 2 rings (SSSR count). The van der Waals surface area contributed by atoms with E-state index in [-0.39, 0.29) is 28.4 Å². The first-order chi connectivity index (χ1) is 8.40. The number of benzene rings is 1. The third-order valence-electron chi connectivity index (χ3n) is 3.45. The smallest absolute Gasteiger partial charge is 0.193 e. The van der Waals surface area contributed by atoms with E-state index in [2.05, 4.69) is 0 Å². The van der Waals surface area contributed by atoms with Crippen molar-refractivity contribution in [2.24, 2.45) is 0 Å². The molecule has 1 aliphatic carbocycles. The molecule has 0 bridgehead atoms. The lowest BCUT2D eigenvalue weighted by atomic mass is 9.84. The Morgan fingerprint density at radius 1 is 1.00 bits per heavy atom. The van der Waals surface area contributed by atoms with Crippen LogP contribution in [-0.4, -0.2) is 21.8 Å². The van der Waals surface area contributed by atoms with Gasteiger partial charge in [-0.1, -0.05) is 6.92 Å². The molecule has 18 heavy (non-hydrogen) atoms. The lowest BCUT2D eigenvalue weighted by Gasteiger charge is -2.19. The van der Waals surface area contributed by atoms with Crippen molar-refractivity contribution in [2.45, 2.75) is 27.2 Å². The quantitative estimate of drug-likeness (QED) is 0.746. The summed E-state index contributed by atoms with van der Waals surface area (Å²) in [6.07, 6.45) is 1.65. The van der Waals surface area contributed by atoms with Crippen LogP contribution in [0.4, 0.5) is 0 Å². The van der Waals surface area contributed by atoms with Crippen LogP contribution < -0.4 is 0 Å². The number of rotatable bonds is 1. The van der Waals surface area contributed by atoms with E-state index < -0.39 is 5.78 Å². The minimum absolute atomic E-state index is 0.0695. The second-order valence-electron chi connectivity index (χ2n) is 4.41. The highest BCUT2D eigenvalue weighted by molar-refractivity contribution is 6.26. The summed E-state index contributed by atoms with van der Waals surface area (Å²) in [6.45, 7) is 4.97. The molecule has 0 aliphatic heterocycles. The maximum absolute atomic E-state index is 12.1. The Labute approximate surface area is 105 Å². The second-order valence-corrected chi connectivity index (χ2v) is 4.41. The van der Waals surface area contributed by atoms with E-state index in [1.54, 1.807) is 20.8 Å². The average molecular weight is 246 g/mol.